The zero-order valence-electron chi connectivity index (χ0n) is 9.70. The Hall–Kier alpha value is -0.660. The van der Waals surface area contributed by atoms with E-state index in [2.05, 4.69) is 23.9 Å². The van der Waals surface area contributed by atoms with E-state index in [1.54, 1.807) is 6.08 Å². The number of nitrogens with zero attached hydrogens (tertiary/aromatic N) is 2. The summed E-state index contributed by atoms with van der Waals surface area (Å²) >= 11 is 0. The average Bonchev–Trinajstić information content (AvgIpc) is 2.15. The molecule has 0 aromatic rings. The first-order valence-corrected chi connectivity index (χ1v) is 5.94. The molecule has 2 aliphatic rings. The monoisotopic (exact) mass is 208 g/mol. The van der Waals surface area contributed by atoms with Crippen LogP contribution >= 0.6 is 0 Å². The van der Waals surface area contributed by atoms with Crippen molar-refractivity contribution in [1.29, 1.82) is 0 Å². The van der Waals surface area contributed by atoms with Crippen LogP contribution in [0.4, 0.5) is 0 Å². The van der Waals surface area contributed by atoms with Crippen molar-refractivity contribution in [1.82, 2.24) is 4.90 Å². The Morgan fingerprint density at radius 2 is 2.20 bits per heavy atom. The number of hydrogen-bond donors (Lipinski definition) is 0. The number of aliphatic imine (C=N–C) groups is 1. The molecule has 0 spiro atoms. The second-order valence-corrected chi connectivity index (χ2v) is 5.42. The van der Waals surface area contributed by atoms with Gasteiger partial charge in [-0.3, -0.25) is 0 Å². The molecule has 1 unspecified atom stereocenters. The number of piperidine rings is 1. The molecule has 15 heavy (non-hydrogen) atoms. The number of rotatable bonds is 2. The van der Waals surface area contributed by atoms with Crippen LogP contribution in [0.15, 0.2) is 4.99 Å². The summed E-state index contributed by atoms with van der Waals surface area (Å²) in [6.07, 6.45) is 6.43. The van der Waals surface area contributed by atoms with E-state index in [9.17, 15) is 4.79 Å². The highest BCUT2D eigenvalue weighted by molar-refractivity contribution is 5.36. The third kappa shape index (κ3) is 1.99. The molecule has 0 bridgehead atoms. The Labute approximate surface area is 91.6 Å². The van der Waals surface area contributed by atoms with Crippen molar-refractivity contribution < 1.29 is 4.79 Å². The Morgan fingerprint density at radius 3 is 2.73 bits per heavy atom. The fourth-order valence-corrected chi connectivity index (χ4v) is 3.36. The Bertz CT molecular complexity index is 277. The predicted molar refractivity (Wildman–Crippen MR) is 59.5 cm³/mol. The van der Waals surface area contributed by atoms with Gasteiger partial charge in [0.25, 0.3) is 0 Å². The van der Waals surface area contributed by atoms with Crippen molar-refractivity contribution in [3.63, 3.8) is 0 Å². The van der Waals surface area contributed by atoms with Gasteiger partial charge in [-0.15, -0.1) is 0 Å². The molecular formula is C12H20N2O. The summed E-state index contributed by atoms with van der Waals surface area (Å²) in [5.41, 5.74) is -0.0458. The molecule has 1 saturated carbocycles. The number of hydrogen-bond acceptors (Lipinski definition) is 3. The van der Waals surface area contributed by atoms with Gasteiger partial charge in [-0.05, 0) is 51.1 Å². The first-order valence-electron chi connectivity index (χ1n) is 5.94. The third-order valence-electron chi connectivity index (χ3n) is 4.06. The summed E-state index contributed by atoms with van der Waals surface area (Å²) in [4.78, 5) is 17.0. The number of likely N-dealkylation sites (tertiary alicyclic amines) is 1. The highest BCUT2D eigenvalue weighted by Gasteiger charge is 2.48. The minimum absolute atomic E-state index is 0.0458. The second-order valence-electron chi connectivity index (χ2n) is 5.42. The van der Waals surface area contributed by atoms with Crippen LogP contribution in [-0.4, -0.2) is 36.7 Å². The van der Waals surface area contributed by atoms with Gasteiger partial charge in [0, 0.05) is 6.54 Å². The van der Waals surface area contributed by atoms with E-state index in [-0.39, 0.29) is 5.54 Å². The Kier molecular flexibility index (Phi) is 2.94. The van der Waals surface area contributed by atoms with Crippen LogP contribution in [-0.2, 0) is 4.79 Å². The molecule has 1 saturated heterocycles. The topological polar surface area (TPSA) is 32.7 Å². The van der Waals surface area contributed by atoms with Gasteiger partial charge in [0.2, 0.25) is 6.08 Å². The van der Waals surface area contributed by atoms with Crippen LogP contribution in [0.5, 0.6) is 0 Å². The SMILES string of the molecule is CC1CC(N=C=O)(C2CCCN(C)C2)C1. The first-order chi connectivity index (χ1) is 7.16. The molecule has 0 amide bonds. The standard InChI is InChI=1S/C12H20N2O/c1-10-6-12(7-10,13-9-15)11-4-3-5-14(2)8-11/h10-11H,3-8H2,1-2H3. The van der Waals surface area contributed by atoms with Crippen molar-refractivity contribution in [3.8, 4) is 0 Å². The lowest BCUT2D eigenvalue weighted by Crippen LogP contribution is -2.52. The molecule has 1 aliphatic heterocycles. The van der Waals surface area contributed by atoms with Crippen molar-refractivity contribution in [2.75, 3.05) is 20.1 Å². The zero-order chi connectivity index (χ0) is 10.9. The van der Waals surface area contributed by atoms with E-state index in [0.717, 1.165) is 25.3 Å². The number of carbonyl (C=O) groups excluding carboxylic acids is 1. The van der Waals surface area contributed by atoms with E-state index in [1.165, 1.54) is 19.4 Å². The van der Waals surface area contributed by atoms with E-state index in [1.807, 2.05) is 0 Å². The Balaban J connectivity index is 2.08. The molecule has 0 aromatic carbocycles. The third-order valence-corrected chi connectivity index (χ3v) is 4.06. The van der Waals surface area contributed by atoms with Gasteiger partial charge in [-0.25, -0.2) is 4.79 Å². The molecule has 2 fully saturated rings. The first kappa shape index (κ1) is 10.8. The minimum atomic E-state index is -0.0458. The lowest BCUT2D eigenvalue weighted by atomic mass is 9.61. The summed E-state index contributed by atoms with van der Waals surface area (Å²) in [7, 11) is 2.16. The van der Waals surface area contributed by atoms with Gasteiger partial charge < -0.3 is 4.90 Å². The highest BCUT2D eigenvalue weighted by atomic mass is 16.1. The predicted octanol–water partition coefficient (Wildman–Crippen LogP) is 1.83. The molecule has 3 nitrogen and oxygen atoms in total. The van der Waals surface area contributed by atoms with Crippen LogP contribution in [0.1, 0.15) is 32.6 Å². The van der Waals surface area contributed by atoms with E-state index in [0.29, 0.717) is 5.92 Å². The quantitative estimate of drug-likeness (QED) is 0.512. The molecule has 84 valence electrons. The fraction of sp³-hybridized carbons (Fsp3) is 0.917. The second kappa shape index (κ2) is 4.07. The zero-order valence-corrected chi connectivity index (χ0v) is 9.70. The summed E-state index contributed by atoms with van der Waals surface area (Å²) in [6, 6.07) is 0. The summed E-state index contributed by atoms with van der Waals surface area (Å²) < 4.78 is 0. The van der Waals surface area contributed by atoms with Crippen LogP contribution in [0.25, 0.3) is 0 Å². The average molecular weight is 208 g/mol. The Morgan fingerprint density at radius 1 is 1.47 bits per heavy atom. The van der Waals surface area contributed by atoms with Gasteiger partial charge in [-0.1, -0.05) is 6.92 Å². The van der Waals surface area contributed by atoms with E-state index < -0.39 is 0 Å². The maximum absolute atomic E-state index is 10.5. The maximum Gasteiger partial charge on any atom is 0.235 e. The fourth-order valence-electron chi connectivity index (χ4n) is 3.36. The summed E-state index contributed by atoms with van der Waals surface area (Å²) in [5, 5.41) is 0. The molecule has 1 atom stereocenters. The van der Waals surface area contributed by atoms with Crippen molar-refractivity contribution in [2.24, 2.45) is 16.8 Å². The smallest absolute Gasteiger partial charge is 0.235 e. The molecule has 2 rings (SSSR count). The molecular weight excluding hydrogens is 188 g/mol. The van der Waals surface area contributed by atoms with Crippen LogP contribution < -0.4 is 0 Å². The van der Waals surface area contributed by atoms with Gasteiger partial charge in [-0.2, -0.15) is 4.99 Å². The van der Waals surface area contributed by atoms with Crippen LogP contribution in [0.3, 0.4) is 0 Å². The van der Waals surface area contributed by atoms with Crippen molar-refractivity contribution in [3.05, 3.63) is 0 Å². The van der Waals surface area contributed by atoms with Crippen LogP contribution in [0.2, 0.25) is 0 Å². The molecule has 1 aliphatic carbocycles. The molecule has 3 heteroatoms. The van der Waals surface area contributed by atoms with Gasteiger partial charge in [0.1, 0.15) is 0 Å². The minimum Gasteiger partial charge on any atom is -0.306 e. The highest BCUT2D eigenvalue weighted by Crippen LogP contribution is 2.48. The summed E-state index contributed by atoms with van der Waals surface area (Å²) in [6.45, 7) is 4.52. The molecule has 1 heterocycles. The van der Waals surface area contributed by atoms with Gasteiger partial charge in [0.05, 0.1) is 5.54 Å². The molecule has 0 radical (unpaired) electrons. The molecule has 0 aromatic heterocycles. The van der Waals surface area contributed by atoms with Gasteiger partial charge in [0.15, 0.2) is 0 Å². The van der Waals surface area contributed by atoms with Gasteiger partial charge >= 0.3 is 0 Å². The maximum atomic E-state index is 10.5. The normalized spacial score (nSPS) is 41.7. The largest absolute Gasteiger partial charge is 0.306 e. The van der Waals surface area contributed by atoms with E-state index in [4.69, 9.17) is 0 Å². The molecule has 0 N–H and O–H groups in total. The van der Waals surface area contributed by atoms with Crippen molar-refractivity contribution >= 4 is 6.08 Å². The number of isocyanates is 1. The lowest BCUT2D eigenvalue weighted by molar-refractivity contribution is 0.0477. The van der Waals surface area contributed by atoms with Crippen molar-refractivity contribution in [2.45, 2.75) is 38.1 Å². The summed E-state index contributed by atoms with van der Waals surface area (Å²) in [5.74, 6) is 1.31. The lowest BCUT2D eigenvalue weighted by Gasteiger charge is -2.50. The van der Waals surface area contributed by atoms with E-state index >= 15 is 0 Å². The van der Waals surface area contributed by atoms with Crippen LogP contribution in [0, 0.1) is 11.8 Å².